The Morgan fingerprint density at radius 3 is 2.21 bits per heavy atom. The fourth-order valence-corrected chi connectivity index (χ4v) is 4.04. The first-order valence-electron chi connectivity index (χ1n) is 10.5. The number of amides is 2. The molecule has 0 atom stereocenters. The lowest BCUT2D eigenvalue weighted by atomic mass is 9.99. The van der Waals surface area contributed by atoms with E-state index < -0.39 is 0 Å². The van der Waals surface area contributed by atoms with Crippen LogP contribution in [0.1, 0.15) is 40.6 Å². The molecule has 2 amide bonds. The summed E-state index contributed by atoms with van der Waals surface area (Å²) in [5.41, 5.74) is 2.10. The number of aromatic nitrogens is 1. The molecule has 1 aromatic heterocycles. The van der Waals surface area contributed by atoms with Gasteiger partial charge in [-0.2, -0.15) is 0 Å². The van der Waals surface area contributed by atoms with Crippen LogP contribution in [0.15, 0.2) is 48.7 Å². The van der Waals surface area contributed by atoms with Crippen LogP contribution in [-0.4, -0.2) is 65.9 Å². The number of anilines is 1. The summed E-state index contributed by atoms with van der Waals surface area (Å²) in [6.07, 6.45) is 3.62. The summed E-state index contributed by atoms with van der Waals surface area (Å²) >= 11 is 0. The van der Waals surface area contributed by atoms with Crippen LogP contribution in [0.5, 0.6) is 0 Å². The topological polar surface area (TPSA) is 56.8 Å². The van der Waals surface area contributed by atoms with E-state index in [2.05, 4.69) is 28.9 Å². The van der Waals surface area contributed by atoms with E-state index in [9.17, 15) is 9.59 Å². The van der Waals surface area contributed by atoms with Gasteiger partial charge in [0.15, 0.2) is 0 Å². The fourth-order valence-electron chi connectivity index (χ4n) is 4.04. The van der Waals surface area contributed by atoms with Crippen molar-refractivity contribution in [3.05, 3.63) is 59.9 Å². The maximum Gasteiger partial charge on any atom is 0.272 e. The minimum absolute atomic E-state index is 0.0265. The van der Waals surface area contributed by atoms with Gasteiger partial charge in [0.1, 0.15) is 5.69 Å². The highest BCUT2D eigenvalue weighted by Crippen LogP contribution is 2.19. The van der Waals surface area contributed by atoms with Crippen LogP contribution in [0.4, 0.5) is 5.69 Å². The third-order valence-corrected chi connectivity index (χ3v) is 5.99. The molecule has 4 rings (SSSR count). The van der Waals surface area contributed by atoms with Gasteiger partial charge < -0.3 is 14.7 Å². The second-order valence-electron chi connectivity index (χ2n) is 8.02. The number of piperidine rings is 1. The largest absolute Gasteiger partial charge is 0.368 e. The Labute approximate surface area is 172 Å². The maximum atomic E-state index is 13.0. The molecular formula is C23H28N4O2. The van der Waals surface area contributed by atoms with Crippen LogP contribution >= 0.6 is 0 Å². The highest BCUT2D eigenvalue weighted by atomic mass is 16.2. The SMILES string of the molecule is CC1CCN(C(=O)c2cc(C(=O)N3CCN(c4ccccc4)CC3)ccn2)CC1. The molecule has 2 aliphatic rings. The third kappa shape index (κ3) is 4.42. The number of rotatable bonds is 3. The van der Waals surface area contributed by atoms with Gasteiger partial charge in [0, 0.05) is 56.7 Å². The summed E-state index contributed by atoms with van der Waals surface area (Å²) in [5, 5.41) is 0. The first kappa shape index (κ1) is 19.4. The van der Waals surface area contributed by atoms with Crippen LogP contribution in [0.3, 0.4) is 0 Å². The molecule has 29 heavy (non-hydrogen) atoms. The normalized spacial score (nSPS) is 18.0. The lowest BCUT2D eigenvalue weighted by Crippen LogP contribution is -2.48. The molecule has 3 heterocycles. The minimum atomic E-state index is -0.0690. The number of carbonyl (C=O) groups is 2. The van der Waals surface area contributed by atoms with Gasteiger partial charge in [0.25, 0.3) is 11.8 Å². The van der Waals surface area contributed by atoms with E-state index in [1.54, 1.807) is 18.3 Å². The molecule has 2 aromatic rings. The Morgan fingerprint density at radius 1 is 0.862 bits per heavy atom. The van der Waals surface area contributed by atoms with Crippen molar-refractivity contribution in [1.82, 2.24) is 14.8 Å². The van der Waals surface area contributed by atoms with Crippen LogP contribution in [-0.2, 0) is 0 Å². The molecular weight excluding hydrogens is 364 g/mol. The second kappa shape index (κ2) is 8.64. The van der Waals surface area contributed by atoms with E-state index in [1.165, 1.54) is 5.69 Å². The van der Waals surface area contributed by atoms with Crippen molar-refractivity contribution in [2.75, 3.05) is 44.2 Å². The van der Waals surface area contributed by atoms with E-state index in [0.29, 0.717) is 30.3 Å². The quantitative estimate of drug-likeness (QED) is 0.806. The van der Waals surface area contributed by atoms with E-state index in [1.807, 2.05) is 28.0 Å². The summed E-state index contributed by atoms with van der Waals surface area (Å²) in [4.78, 5) is 36.0. The highest BCUT2D eigenvalue weighted by Gasteiger charge is 2.25. The molecule has 0 aliphatic carbocycles. The first-order valence-corrected chi connectivity index (χ1v) is 10.5. The molecule has 1 aromatic carbocycles. The van der Waals surface area contributed by atoms with Gasteiger partial charge in [-0.3, -0.25) is 14.6 Å². The number of hydrogen-bond acceptors (Lipinski definition) is 4. The average Bonchev–Trinajstić information content (AvgIpc) is 2.79. The van der Waals surface area contributed by atoms with Crippen molar-refractivity contribution >= 4 is 17.5 Å². The van der Waals surface area contributed by atoms with E-state index in [-0.39, 0.29) is 11.8 Å². The van der Waals surface area contributed by atoms with E-state index >= 15 is 0 Å². The summed E-state index contributed by atoms with van der Waals surface area (Å²) < 4.78 is 0. The lowest BCUT2D eigenvalue weighted by Gasteiger charge is -2.36. The van der Waals surface area contributed by atoms with Gasteiger partial charge in [-0.25, -0.2) is 0 Å². The van der Waals surface area contributed by atoms with Crippen molar-refractivity contribution < 1.29 is 9.59 Å². The smallest absolute Gasteiger partial charge is 0.272 e. The standard InChI is InChI=1S/C23H28N4O2/c1-18-8-11-26(12-9-18)23(29)21-17-19(7-10-24-21)22(28)27-15-13-25(14-16-27)20-5-3-2-4-6-20/h2-7,10,17-18H,8-9,11-16H2,1H3. The monoisotopic (exact) mass is 392 g/mol. The molecule has 0 N–H and O–H groups in total. The molecule has 0 radical (unpaired) electrons. The summed E-state index contributed by atoms with van der Waals surface area (Å²) in [5.74, 6) is 0.566. The van der Waals surface area contributed by atoms with Gasteiger partial charge in [-0.15, -0.1) is 0 Å². The van der Waals surface area contributed by atoms with Crippen molar-refractivity contribution in [1.29, 1.82) is 0 Å². The molecule has 6 nitrogen and oxygen atoms in total. The van der Waals surface area contributed by atoms with Crippen molar-refractivity contribution in [2.45, 2.75) is 19.8 Å². The van der Waals surface area contributed by atoms with Gasteiger partial charge in [-0.05, 0) is 43.0 Å². The molecule has 6 heteroatoms. The maximum absolute atomic E-state index is 13.0. The lowest BCUT2D eigenvalue weighted by molar-refractivity contribution is 0.0691. The summed E-state index contributed by atoms with van der Waals surface area (Å²) in [7, 11) is 0. The highest BCUT2D eigenvalue weighted by molar-refractivity contribution is 5.98. The average molecular weight is 393 g/mol. The Hall–Kier alpha value is -2.89. The number of benzene rings is 1. The fraction of sp³-hybridized carbons (Fsp3) is 0.435. The van der Waals surface area contributed by atoms with E-state index in [4.69, 9.17) is 0 Å². The van der Waals surface area contributed by atoms with E-state index in [0.717, 1.165) is 39.0 Å². The molecule has 152 valence electrons. The zero-order valence-corrected chi connectivity index (χ0v) is 17.0. The Morgan fingerprint density at radius 2 is 1.52 bits per heavy atom. The zero-order valence-electron chi connectivity index (χ0n) is 17.0. The van der Waals surface area contributed by atoms with Crippen molar-refractivity contribution in [2.24, 2.45) is 5.92 Å². The Kier molecular flexibility index (Phi) is 5.79. The number of pyridine rings is 1. The van der Waals surface area contributed by atoms with Gasteiger partial charge in [0.2, 0.25) is 0 Å². The van der Waals surface area contributed by atoms with Crippen LogP contribution in [0, 0.1) is 5.92 Å². The molecule has 2 aliphatic heterocycles. The number of likely N-dealkylation sites (tertiary alicyclic amines) is 1. The van der Waals surface area contributed by atoms with Gasteiger partial charge in [0.05, 0.1) is 0 Å². The second-order valence-corrected chi connectivity index (χ2v) is 8.02. The molecule has 0 spiro atoms. The minimum Gasteiger partial charge on any atom is -0.368 e. The van der Waals surface area contributed by atoms with Gasteiger partial charge >= 0.3 is 0 Å². The summed E-state index contributed by atoms with van der Waals surface area (Å²) in [6.45, 7) is 6.70. The van der Waals surface area contributed by atoms with Crippen LogP contribution in [0.25, 0.3) is 0 Å². The van der Waals surface area contributed by atoms with Crippen LogP contribution < -0.4 is 4.90 Å². The number of carbonyl (C=O) groups excluding carboxylic acids is 2. The zero-order chi connectivity index (χ0) is 20.2. The molecule has 0 unspecified atom stereocenters. The van der Waals surface area contributed by atoms with Crippen molar-refractivity contribution in [3.63, 3.8) is 0 Å². The van der Waals surface area contributed by atoms with Crippen LogP contribution in [0.2, 0.25) is 0 Å². The number of hydrogen-bond donors (Lipinski definition) is 0. The number of para-hydroxylation sites is 1. The Balaban J connectivity index is 1.39. The Bertz CT molecular complexity index is 854. The molecule has 2 saturated heterocycles. The number of piperazine rings is 1. The molecule has 2 fully saturated rings. The molecule has 0 bridgehead atoms. The third-order valence-electron chi connectivity index (χ3n) is 5.99. The summed E-state index contributed by atoms with van der Waals surface area (Å²) in [6, 6.07) is 13.6. The molecule has 0 saturated carbocycles. The predicted octanol–water partition coefficient (Wildman–Crippen LogP) is 2.92. The first-order chi connectivity index (χ1) is 14.1. The number of nitrogens with zero attached hydrogens (tertiary/aromatic N) is 4. The predicted molar refractivity (Wildman–Crippen MR) is 113 cm³/mol. The van der Waals surface area contributed by atoms with Crippen molar-refractivity contribution in [3.8, 4) is 0 Å². The van der Waals surface area contributed by atoms with Gasteiger partial charge in [-0.1, -0.05) is 25.1 Å².